The van der Waals surface area contributed by atoms with Gasteiger partial charge in [-0.3, -0.25) is 4.98 Å². The molecule has 1 aromatic carbocycles. The molecule has 0 radical (unpaired) electrons. The molecule has 0 bridgehead atoms. The van der Waals surface area contributed by atoms with Crippen LogP contribution < -0.4 is 10.6 Å². The third-order valence-corrected chi connectivity index (χ3v) is 5.32. The SMILES string of the molecule is CNc1nc(Nc2ccc(C3CCN(C)CC3)cc2)ncc1-c1ccccn1. The van der Waals surface area contributed by atoms with Crippen molar-refractivity contribution < 1.29 is 0 Å². The van der Waals surface area contributed by atoms with Gasteiger partial charge in [0, 0.05) is 25.1 Å². The molecular formula is C22H26N6. The van der Waals surface area contributed by atoms with Crippen molar-refractivity contribution in [2.24, 2.45) is 0 Å². The highest BCUT2D eigenvalue weighted by Gasteiger charge is 2.18. The number of rotatable bonds is 5. The van der Waals surface area contributed by atoms with Crippen molar-refractivity contribution in [3.8, 4) is 11.3 Å². The smallest absolute Gasteiger partial charge is 0.229 e. The quantitative estimate of drug-likeness (QED) is 0.700. The fraction of sp³-hybridized carbons (Fsp3) is 0.318. The molecule has 0 saturated carbocycles. The Labute approximate surface area is 166 Å². The molecule has 2 N–H and O–H groups in total. The summed E-state index contributed by atoms with van der Waals surface area (Å²) in [7, 11) is 4.05. The number of aromatic nitrogens is 3. The standard InChI is InChI=1S/C22H26N6/c1-23-21-19(20-5-3-4-12-24-20)15-25-22(27-21)26-18-8-6-16(7-9-18)17-10-13-28(2)14-11-17/h3-9,12,15,17H,10-11,13-14H2,1-2H3,(H2,23,25,26,27). The maximum atomic E-state index is 4.60. The molecule has 1 aliphatic rings. The second kappa shape index (κ2) is 8.35. The average Bonchev–Trinajstić information content (AvgIpc) is 2.75. The van der Waals surface area contributed by atoms with Crippen LogP contribution in [-0.4, -0.2) is 47.0 Å². The highest BCUT2D eigenvalue weighted by Crippen LogP contribution is 2.29. The molecule has 6 heteroatoms. The normalized spacial score (nSPS) is 15.4. The van der Waals surface area contributed by atoms with Crippen molar-refractivity contribution in [2.45, 2.75) is 18.8 Å². The Balaban J connectivity index is 1.48. The first-order valence-corrected chi connectivity index (χ1v) is 9.74. The van der Waals surface area contributed by atoms with Crippen molar-refractivity contribution in [1.29, 1.82) is 0 Å². The number of nitrogens with zero attached hydrogens (tertiary/aromatic N) is 4. The molecule has 0 amide bonds. The molecule has 2 aromatic heterocycles. The second-order valence-corrected chi connectivity index (χ2v) is 7.25. The fourth-order valence-corrected chi connectivity index (χ4v) is 3.65. The van der Waals surface area contributed by atoms with E-state index in [1.807, 2.05) is 25.2 Å². The zero-order valence-electron chi connectivity index (χ0n) is 16.4. The maximum absolute atomic E-state index is 4.60. The number of likely N-dealkylation sites (tertiary alicyclic amines) is 1. The van der Waals surface area contributed by atoms with E-state index in [4.69, 9.17) is 0 Å². The summed E-state index contributed by atoms with van der Waals surface area (Å²) in [4.78, 5) is 15.9. The van der Waals surface area contributed by atoms with E-state index in [9.17, 15) is 0 Å². The topological polar surface area (TPSA) is 66.0 Å². The molecule has 3 aromatic rings. The van der Waals surface area contributed by atoms with Gasteiger partial charge in [0.1, 0.15) is 5.82 Å². The summed E-state index contributed by atoms with van der Waals surface area (Å²) in [6, 6.07) is 14.5. The van der Waals surface area contributed by atoms with E-state index in [0.29, 0.717) is 11.9 Å². The Morgan fingerprint density at radius 2 is 1.79 bits per heavy atom. The molecule has 28 heavy (non-hydrogen) atoms. The van der Waals surface area contributed by atoms with E-state index in [-0.39, 0.29) is 0 Å². The highest BCUT2D eigenvalue weighted by atomic mass is 15.1. The maximum Gasteiger partial charge on any atom is 0.229 e. The fourth-order valence-electron chi connectivity index (χ4n) is 3.65. The van der Waals surface area contributed by atoms with Gasteiger partial charge in [0.25, 0.3) is 0 Å². The Kier molecular flexibility index (Phi) is 5.48. The van der Waals surface area contributed by atoms with E-state index in [0.717, 1.165) is 22.8 Å². The minimum Gasteiger partial charge on any atom is -0.372 e. The number of piperidine rings is 1. The van der Waals surface area contributed by atoms with Gasteiger partial charge in [-0.05, 0) is 68.7 Å². The van der Waals surface area contributed by atoms with Crippen molar-refractivity contribution in [3.63, 3.8) is 0 Å². The van der Waals surface area contributed by atoms with Crippen LogP contribution in [0.1, 0.15) is 24.3 Å². The van der Waals surface area contributed by atoms with Gasteiger partial charge in [0.05, 0.1) is 11.3 Å². The van der Waals surface area contributed by atoms with Gasteiger partial charge >= 0.3 is 0 Å². The van der Waals surface area contributed by atoms with Crippen LogP contribution in [0.3, 0.4) is 0 Å². The first-order valence-electron chi connectivity index (χ1n) is 9.74. The van der Waals surface area contributed by atoms with Crippen LogP contribution in [0.15, 0.2) is 54.9 Å². The van der Waals surface area contributed by atoms with Gasteiger partial charge in [-0.2, -0.15) is 4.98 Å². The highest BCUT2D eigenvalue weighted by molar-refractivity contribution is 5.73. The summed E-state index contributed by atoms with van der Waals surface area (Å²) >= 11 is 0. The number of nitrogens with one attached hydrogen (secondary N) is 2. The molecule has 0 unspecified atom stereocenters. The minimum absolute atomic E-state index is 0.566. The largest absolute Gasteiger partial charge is 0.372 e. The zero-order chi connectivity index (χ0) is 19.3. The van der Waals surface area contributed by atoms with Crippen molar-refractivity contribution in [1.82, 2.24) is 19.9 Å². The molecule has 1 aliphatic heterocycles. The van der Waals surface area contributed by atoms with E-state index >= 15 is 0 Å². The van der Waals surface area contributed by atoms with Gasteiger partial charge in [-0.1, -0.05) is 18.2 Å². The molecule has 6 nitrogen and oxygen atoms in total. The van der Waals surface area contributed by atoms with Gasteiger partial charge in [-0.25, -0.2) is 4.98 Å². The van der Waals surface area contributed by atoms with E-state index in [1.54, 1.807) is 12.4 Å². The number of hydrogen-bond donors (Lipinski definition) is 2. The monoisotopic (exact) mass is 374 g/mol. The van der Waals surface area contributed by atoms with Crippen molar-refractivity contribution in [3.05, 3.63) is 60.4 Å². The molecule has 0 spiro atoms. The Morgan fingerprint density at radius 1 is 1.00 bits per heavy atom. The molecule has 4 rings (SSSR count). The van der Waals surface area contributed by atoms with Gasteiger partial charge in [-0.15, -0.1) is 0 Å². The second-order valence-electron chi connectivity index (χ2n) is 7.25. The zero-order valence-corrected chi connectivity index (χ0v) is 16.4. The third-order valence-electron chi connectivity index (χ3n) is 5.32. The van der Waals surface area contributed by atoms with Crippen LogP contribution in [0, 0.1) is 0 Å². The Hall–Kier alpha value is -2.99. The van der Waals surface area contributed by atoms with Crippen molar-refractivity contribution in [2.75, 3.05) is 37.8 Å². The number of hydrogen-bond acceptors (Lipinski definition) is 6. The Bertz CT molecular complexity index is 902. The predicted octanol–water partition coefficient (Wildman–Crippen LogP) is 4.13. The molecule has 144 valence electrons. The lowest BCUT2D eigenvalue weighted by molar-refractivity contribution is 0.255. The summed E-state index contributed by atoms with van der Waals surface area (Å²) in [5, 5.41) is 6.44. The lowest BCUT2D eigenvalue weighted by Crippen LogP contribution is -2.29. The first-order chi connectivity index (χ1) is 13.7. The lowest BCUT2D eigenvalue weighted by Gasteiger charge is -2.29. The molecule has 0 aliphatic carbocycles. The van der Waals surface area contributed by atoms with Crippen LogP contribution in [0.2, 0.25) is 0 Å². The lowest BCUT2D eigenvalue weighted by atomic mass is 9.89. The summed E-state index contributed by atoms with van der Waals surface area (Å²) in [5.41, 5.74) is 4.14. The molecule has 3 heterocycles. The van der Waals surface area contributed by atoms with Crippen LogP contribution in [0.5, 0.6) is 0 Å². The van der Waals surface area contributed by atoms with Crippen LogP contribution >= 0.6 is 0 Å². The molecule has 0 atom stereocenters. The summed E-state index contributed by atoms with van der Waals surface area (Å²) in [5.74, 6) is 1.98. The van der Waals surface area contributed by atoms with E-state index in [2.05, 4.69) is 61.8 Å². The number of benzene rings is 1. The molecule has 1 saturated heterocycles. The molecular weight excluding hydrogens is 348 g/mol. The van der Waals surface area contributed by atoms with Crippen molar-refractivity contribution >= 4 is 17.5 Å². The van der Waals surface area contributed by atoms with Gasteiger partial charge < -0.3 is 15.5 Å². The number of pyridine rings is 1. The molecule has 1 fully saturated rings. The first kappa shape index (κ1) is 18.4. The summed E-state index contributed by atoms with van der Waals surface area (Å²) < 4.78 is 0. The number of anilines is 3. The van der Waals surface area contributed by atoms with Gasteiger partial charge in [0.2, 0.25) is 5.95 Å². The third kappa shape index (κ3) is 4.12. The van der Waals surface area contributed by atoms with E-state index < -0.39 is 0 Å². The van der Waals surface area contributed by atoms with Crippen LogP contribution in [0.4, 0.5) is 17.5 Å². The van der Waals surface area contributed by atoms with Gasteiger partial charge in [0.15, 0.2) is 0 Å². The van der Waals surface area contributed by atoms with Crippen LogP contribution in [-0.2, 0) is 0 Å². The summed E-state index contributed by atoms with van der Waals surface area (Å²) in [6.07, 6.45) is 6.03. The predicted molar refractivity (Wildman–Crippen MR) is 114 cm³/mol. The Morgan fingerprint density at radius 3 is 2.46 bits per heavy atom. The summed E-state index contributed by atoms with van der Waals surface area (Å²) in [6.45, 7) is 2.35. The van der Waals surface area contributed by atoms with E-state index in [1.165, 1.54) is 31.5 Å². The minimum atomic E-state index is 0.566. The average molecular weight is 374 g/mol. The van der Waals surface area contributed by atoms with Crippen LogP contribution in [0.25, 0.3) is 11.3 Å².